The quantitative estimate of drug-likeness (QED) is 0.175. The Kier molecular flexibility index (Phi) is 7.76. The summed E-state index contributed by atoms with van der Waals surface area (Å²) in [7, 11) is 0. The van der Waals surface area contributed by atoms with Crippen LogP contribution in [0.5, 0.6) is 5.88 Å². The van der Waals surface area contributed by atoms with Crippen LogP contribution in [0.2, 0.25) is 0 Å². The Labute approximate surface area is 250 Å². The number of pyridine rings is 1. The topological polar surface area (TPSA) is 159 Å². The van der Waals surface area contributed by atoms with E-state index in [-0.39, 0.29) is 30.1 Å². The fourth-order valence-corrected chi connectivity index (χ4v) is 6.17. The number of likely N-dealkylation sites (tertiary alicyclic amines) is 1. The number of fused-ring (bicyclic) bond motifs is 1. The van der Waals surface area contributed by atoms with E-state index in [1.165, 1.54) is 12.4 Å². The SMILES string of the molecule is N#CC[C@]1(n2cc(-c3ncnc4[nH]ccc34)cn2)C[C@H](N2CCC(Oc3cc(CN(C=N)C=N)cc(C(F)(F)F)n3)CC2)C1. The second-order valence-electron chi connectivity index (χ2n) is 11.2. The standard InChI is InChI=1S/C29H30F3N11O/c30-29(31,32)24-9-19(14-41(16-34)17-35)10-25(40-24)44-22-2-7-42(8-3-22)21-11-28(12-21,4-5-33)43-15-20(13-39-43)26-23-1-6-36-27(23)38-18-37-26/h1,6,9-10,13,15-18,21-22,34-35H,2-4,7-8,11-12,14H2,(H,36,37,38)/t21-,28-. The molecule has 0 spiro atoms. The molecule has 2 aliphatic rings. The number of hydrogen-bond acceptors (Lipinski definition) is 9. The molecule has 6 rings (SSSR count). The van der Waals surface area contributed by atoms with E-state index in [4.69, 9.17) is 15.6 Å². The van der Waals surface area contributed by atoms with Gasteiger partial charge in [0.2, 0.25) is 5.88 Å². The molecule has 15 heteroatoms. The highest BCUT2D eigenvalue weighted by Gasteiger charge is 2.49. The largest absolute Gasteiger partial charge is 0.474 e. The van der Waals surface area contributed by atoms with E-state index in [0.29, 0.717) is 32.4 Å². The van der Waals surface area contributed by atoms with Crippen molar-refractivity contribution >= 4 is 23.7 Å². The molecule has 1 aliphatic heterocycles. The molecule has 228 valence electrons. The summed E-state index contributed by atoms with van der Waals surface area (Å²) in [4.78, 5) is 19.0. The predicted molar refractivity (Wildman–Crippen MR) is 154 cm³/mol. The number of nitrogens with zero attached hydrogens (tertiary/aromatic N) is 8. The normalized spacial score (nSPS) is 21.0. The Morgan fingerprint density at radius 2 is 1.95 bits per heavy atom. The maximum Gasteiger partial charge on any atom is 0.433 e. The van der Waals surface area contributed by atoms with Crippen molar-refractivity contribution in [3.8, 4) is 23.2 Å². The molecule has 44 heavy (non-hydrogen) atoms. The van der Waals surface area contributed by atoms with Crippen molar-refractivity contribution in [1.29, 1.82) is 16.1 Å². The number of aromatic nitrogens is 6. The number of hydrogen-bond donors (Lipinski definition) is 3. The monoisotopic (exact) mass is 605 g/mol. The minimum atomic E-state index is -4.66. The Morgan fingerprint density at radius 1 is 1.18 bits per heavy atom. The number of ether oxygens (including phenoxy) is 1. The van der Waals surface area contributed by atoms with Gasteiger partial charge in [-0.2, -0.15) is 23.5 Å². The summed E-state index contributed by atoms with van der Waals surface area (Å²) in [5, 5.41) is 29.8. The number of nitrogens with one attached hydrogen (secondary N) is 3. The fraction of sp³-hybridized carbons (Fsp3) is 0.414. The van der Waals surface area contributed by atoms with Gasteiger partial charge in [0.1, 0.15) is 23.8 Å². The van der Waals surface area contributed by atoms with Crippen LogP contribution in [-0.4, -0.2) is 77.4 Å². The molecule has 5 heterocycles. The average Bonchev–Trinajstić information content (AvgIpc) is 3.68. The van der Waals surface area contributed by atoms with Crippen LogP contribution >= 0.6 is 0 Å². The zero-order valence-corrected chi connectivity index (χ0v) is 23.6. The summed E-state index contributed by atoms with van der Waals surface area (Å²) in [6, 6.07) is 6.86. The number of alkyl halides is 3. The van der Waals surface area contributed by atoms with Crippen molar-refractivity contribution in [2.45, 2.75) is 62.5 Å². The van der Waals surface area contributed by atoms with Gasteiger partial charge in [-0.3, -0.25) is 20.4 Å². The van der Waals surface area contributed by atoms with Gasteiger partial charge in [-0.25, -0.2) is 15.0 Å². The summed E-state index contributed by atoms with van der Waals surface area (Å²) in [5.41, 5.74) is 1.12. The molecule has 2 fully saturated rings. The van der Waals surface area contributed by atoms with Crippen molar-refractivity contribution in [2.24, 2.45) is 0 Å². The zero-order valence-electron chi connectivity index (χ0n) is 23.6. The van der Waals surface area contributed by atoms with Crippen molar-refractivity contribution < 1.29 is 17.9 Å². The van der Waals surface area contributed by atoms with Crippen LogP contribution in [0.4, 0.5) is 13.2 Å². The molecule has 0 amide bonds. The van der Waals surface area contributed by atoms with Gasteiger partial charge in [-0.05, 0) is 43.4 Å². The number of nitriles is 1. The van der Waals surface area contributed by atoms with Gasteiger partial charge in [0, 0.05) is 48.5 Å². The van der Waals surface area contributed by atoms with Gasteiger partial charge < -0.3 is 14.6 Å². The first kappa shape index (κ1) is 29.2. The molecule has 1 aliphatic carbocycles. The lowest BCUT2D eigenvalue weighted by atomic mass is 9.69. The first-order valence-electron chi connectivity index (χ1n) is 14.2. The van der Waals surface area contributed by atoms with Crippen molar-refractivity contribution in [3.63, 3.8) is 0 Å². The van der Waals surface area contributed by atoms with Crippen LogP contribution in [-0.2, 0) is 18.3 Å². The lowest BCUT2D eigenvalue weighted by molar-refractivity contribution is -0.141. The molecule has 0 radical (unpaired) electrons. The molecule has 4 aromatic heterocycles. The molecule has 3 N–H and O–H groups in total. The second kappa shape index (κ2) is 11.7. The average molecular weight is 606 g/mol. The molecule has 12 nitrogen and oxygen atoms in total. The highest BCUT2D eigenvalue weighted by molar-refractivity contribution is 5.90. The van der Waals surface area contributed by atoms with Gasteiger partial charge in [-0.15, -0.1) is 0 Å². The summed E-state index contributed by atoms with van der Waals surface area (Å²) in [5.74, 6) is -0.116. The third-order valence-electron chi connectivity index (χ3n) is 8.46. The van der Waals surface area contributed by atoms with Gasteiger partial charge in [0.15, 0.2) is 0 Å². The van der Waals surface area contributed by atoms with E-state index >= 15 is 0 Å². The third kappa shape index (κ3) is 5.72. The molecular weight excluding hydrogens is 575 g/mol. The van der Waals surface area contributed by atoms with Crippen molar-refractivity contribution in [2.75, 3.05) is 13.1 Å². The Bertz CT molecular complexity index is 1690. The highest BCUT2D eigenvalue weighted by atomic mass is 19.4. The molecule has 4 aromatic rings. The summed E-state index contributed by atoms with van der Waals surface area (Å²) >= 11 is 0. The minimum Gasteiger partial charge on any atom is -0.474 e. The molecular formula is C29H30F3N11O. The van der Waals surface area contributed by atoms with Crippen LogP contribution in [0, 0.1) is 22.1 Å². The van der Waals surface area contributed by atoms with E-state index in [1.54, 1.807) is 6.20 Å². The molecule has 0 atom stereocenters. The smallest absolute Gasteiger partial charge is 0.433 e. The lowest BCUT2D eigenvalue weighted by Crippen LogP contribution is -2.58. The maximum absolute atomic E-state index is 13.5. The molecule has 0 bridgehead atoms. The predicted octanol–water partition coefficient (Wildman–Crippen LogP) is 4.57. The number of piperidine rings is 1. The zero-order chi connectivity index (χ0) is 30.9. The molecule has 0 aromatic carbocycles. The van der Waals surface area contributed by atoms with E-state index in [0.717, 1.165) is 58.8 Å². The van der Waals surface area contributed by atoms with E-state index in [2.05, 4.69) is 36.0 Å². The van der Waals surface area contributed by atoms with Crippen LogP contribution in [0.25, 0.3) is 22.3 Å². The van der Waals surface area contributed by atoms with E-state index < -0.39 is 17.4 Å². The Hall–Kier alpha value is -4.84. The summed E-state index contributed by atoms with van der Waals surface area (Å²) < 4.78 is 48.4. The van der Waals surface area contributed by atoms with Crippen LogP contribution in [0.1, 0.15) is 43.4 Å². The minimum absolute atomic E-state index is 0.0766. The van der Waals surface area contributed by atoms with Gasteiger partial charge in [0.05, 0.1) is 49.1 Å². The number of rotatable bonds is 10. The summed E-state index contributed by atoms with van der Waals surface area (Å²) in [6.07, 6.45) is 6.89. The number of halogens is 3. The third-order valence-corrected chi connectivity index (χ3v) is 8.46. The van der Waals surface area contributed by atoms with Gasteiger partial charge >= 0.3 is 6.18 Å². The van der Waals surface area contributed by atoms with E-state index in [1.807, 2.05) is 23.1 Å². The highest BCUT2D eigenvalue weighted by Crippen LogP contribution is 2.45. The maximum atomic E-state index is 13.5. The second-order valence-corrected chi connectivity index (χ2v) is 11.2. The van der Waals surface area contributed by atoms with Crippen LogP contribution in [0.15, 0.2) is 43.1 Å². The number of aromatic amines is 1. The first-order valence-corrected chi connectivity index (χ1v) is 14.2. The molecule has 0 unspecified atom stereocenters. The van der Waals surface area contributed by atoms with Crippen LogP contribution in [0.3, 0.4) is 0 Å². The van der Waals surface area contributed by atoms with Gasteiger partial charge in [0.25, 0.3) is 0 Å². The van der Waals surface area contributed by atoms with Crippen LogP contribution < -0.4 is 4.74 Å². The Morgan fingerprint density at radius 3 is 2.66 bits per heavy atom. The lowest BCUT2D eigenvalue weighted by Gasteiger charge is -2.52. The Balaban J connectivity index is 1.09. The summed E-state index contributed by atoms with van der Waals surface area (Å²) in [6.45, 7) is 1.33. The van der Waals surface area contributed by atoms with Gasteiger partial charge in [-0.1, -0.05) is 0 Å². The molecule has 1 saturated carbocycles. The number of H-pyrrole nitrogens is 1. The van der Waals surface area contributed by atoms with Crippen molar-refractivity contribution in [3.05, 3.63) is 54.4 Å². The van der Waals surface area contributed by atoms with E-state index in [9.17, 15) is 18.4 Å². The fourth-order valence-electron chi connectivity index (χ4n) is 6.17. The first-order chi connectivity index (χ1) is 21.2. The van der Waals surface area contributed by atoms with Crippen molar-refractivity contribution in [1.82, 2.24) is 39.5 Å². The molecule has 1 saturated heterocycles.